The lowest BCUT2D eigenvalue weighted by atomic mass is 9.88. The fraction of sp³-hybridized carbons (Fsp3) is 0.429. The Hall–Kier alpha value is -2.28. The Kier molecular flexibility index (Phi) is 4.61. The highest BCUT2D eigenvalue weighted by molar-refractivity contribution is 5.73. The van der Waals surface area contributed by atoms with Crippen LogP contribution in [0, 0.1) is 5.92 Å². The maximum atomic E-state index is 6.21. The number of morpholine rings is 1. The lowest BCUT2D eigenvalue weighted by Gasteiger charge is -2.39. The molecule has 2 saturated heterocycles. The highest BCUT2D eigenvalue weighted by Gasteiger charge is 2.41. The number of aromatic nitrogens is 3. The van der Waals surface area contributed by atoms with Gasteiger partial charge in [-0.05, 0) is 24.1 Å². The van der Waals surface area contributed by atoms with E-state index in [1.165, 1.54) is 5.56 Å². The monoisotopic (exact) mass is 364 g/mol. The summed E-state index contributed by atoms with van der Waals surface area (Å²) in [7, 11) is 0. The van der Waals surface area contributed by atoms with Gasteiger partial charge in [0.1, 0.15) is 5.52 Å². The third-order valence-electron chi connectivity index (χ3n) is 5.71. The van der Waals surface area contributed by atoms with Crippen LogP contribution in [0.3, 0.4) is 0 Å². The van der Waals surface area contributed by atoms with Gasteiger partial charge in [-0.15, -0.1) is 5.10 Å². The topological polar surface area (TPSA) is 52.4 Å². The summed E-state index contributed by atoms with van der Waals surface area (Å²) in [5, 5.41) is 8.79. The molecule has 3 heterocycles. The molecule has 3 atom stereocenters. The van der Waals surface area contributed by atoms with Crippen LogP contribution < -0.4 is 0 Å². The van der Waals surface area contributed by atoms with E-state index in [4.69, 9.17) is 9.47 Å². The maximum Gasteiger partial charge on any atom is 0.157 e. The van der Waals surface area contributed by atoms with Gasteiger partial charge in [0, 0.05) is 31.7 Å². The van der Waals surface area contributed by atoms with E-state index in [1.807, 2.05) is 22.9 Å². The predicted molar refractivity (Wildman–Crippen MR) is 102 cm³/mol. The molecule has 27 heavy (non-hydrogen) atoms. The minimum atomic E-state index is -0.106. The Labute approximate surface area is 158 Å². The summed E-state index contributed by atoms with van der Waals surface area (Å²) in [5.41, 5.74) is 3.28. The maximum absolute atomic E-state index is 6.21. The summed E-state index contributed by atoms with van der Waals surface area (Å²) in [5.74, 6) is 0.315. The molecule has 6 heteroatoms. The molecule has 140 valence electrons. The molecule has 0 bridgehead atoms. The molecule has 2 aromatic carbocycles. The minimum Gasteiger partial charge on any atom is -0.379 e. The number of nitrogens with zero attached hydrogens (tertiary/aromatic N) is 4. The molecule has 6 nitrogen and oxygen atoms in total. The molecule has 5 rings (SSSR count). The minimum absolute atomic E-state index is 0.106. The van der Waals surface area contributed by atoms with Crippen molar-refractivity contribution < 1.29 is 9.47 Å². The summed E-state index contributed by atoms with van der Waals surface area (Å²) >= 11 is 0. The molecule has 2 aliphatic rings. The van der Waals surface area contributed by atoms with Gasteiger partial charge in [-0.25, -0.2) is 4.68 Å². The van der Waals surface area contributed by atoms with Crippen LogP contribution in [0.5, 0.6) is 0 Å². The summed E-state index contributed by atoms with van der Waals surface area (Å²) in [6.07, 6.45) is 0.904. The van der Waals surface area contributed by atoms with Crippen LogP contribution in [0.15, 0.2) is 54.6 Å². The molecule has 0 unspecified atom stereocenters. The first-order valence-corrected chi connectivity index (χ1v) is 9.70. The van der Waals surface area contributed by atoms with Crippen LogP contribution in [-0.2, 0) is 9.47 Å². The molecule has 2 aliphatic heterocycles. The first kappa shape index (κ1) is 16.9. The number of para-hydroxylation sites is 1. The van der Waals surface area contributed by atoms with E-state index in [1.54, 1.807) is 0 Å². The van der Waals surface area contributed by atoms with Crippen LogP contribution in [0.25, 0.3) is 11.0 Å². The van der Waals surface area contributed by atoms with Crippen LogP contribution in [-0.4, -0.2) is 52.8 Å². The van der Waals surface area contributed by atoms with Gasteiger partial charge < -0.3 is 9.47 Å². The molecule has 2 fully saturated rings. The van der Waals surface area contributed by atoms with Crippen molar-refractivity contribution in [1.29, 1.82) is 0 Å². The second-order valence-corrected chi connectivity index (χ2v) is 7.24. The van der Waals surface area contributed by atoms with E-state index in [0.717, 1.165) is 50.4 Å². The normalized spacial score (nSPS) is 25.0. The standard InChI is InChI=1S/C21H24N4O2/c1-2-6-16(7-3-1)20(24-11-14-26-15-12-24)17-10-13-27-21(17)25-19-9-5-4-8-18(19)22-23-25/h1-9,17,20-21H,10-15H2/t17-,20+,21+/m1/s1. The fourth-order valence-corrected chi connectivity index (χ4v) is 4.47. The number of rotatable bonds is 4. The van der Waals surface area contributed by atoms with Crippen LogP contribution in [0.2, 0.25) is 0 Å². The predicted octanol–water partition coefficient (Wildman–Crippen LogP) is 3.04. The number of fused-ring (bicyclic) bond motifs is 1. The molecule has 3 aromatic rings. The van der Waals surface area contributed by atoms with Gasteiger partial charge in [-0.2, -0.15) is 0 Å². The highest BCUT2D eigenvalue weighted by atomic mass is 16.5. The van der Waals surface area contributed by atoms with Gasteiger partial charge in [-0.3, -0.25) is 4.90 Å². The first-order chi connectivity index (χ1) is 13.4. The summed E-state index contributed by atoms with van der Waals surface area (Å²) in [6, 6.07) is 19.2. The average Bonchev–Trinajstić information content (AvgIpc) is 3.37. The largest absolute Gasteiger partial charge is 0.379 e. The summed E-state index contributed by atoms with van der Waals surface area (Å²) < 4.78 is 13.8. The lowest BCUT2D eigenvalue weighted by Crippen LogP contribution is -2.43. The number of benzene rings is 2. The molecule has 1 aromatic heterocycles. The molecule has 0 radical (unpaired) electrons. The van der Waals surface area contributed by atoms with E-state index in [0.29, 0.717) is 5.92 Å². The molecule has 0 N–H and O–H groups in total. The fourth-order valence-electron chi connectivity index (χ4n) is 4.47. The van der Waals surface area contributed by atoms with Crippen molar-refractivity contribution in [3.8, 4) is 0 Å². The first-order valence-electron chi connectivity index (χ1n) is 9.70. The van der Waals surface area contributed by atoms with E-state index >= 15 is 0 Å². The molecular weight excluding hydrogens is 340 g/mol. The number of hydrogen-bond acceptors (Lipinski definition) is 5. The van der Waals surface area contributed by atoms with Gasteiger partial charge in [0.25, 0.3) is 0 Å². The Bertz CT molecular complexity index is 891. The third kappa shape index (κ3) is 3.14. The lowest BCUT2D eigenvalue weighted by molar-refractivity contribution is -0.0344. The quantitative estimate of drug-likeness (QED) is 0.712. The molecule has 0 aliphatic carbocycles. The van der Waals surface area contributed by atoms with Gasteiger partial charge in [0.05, 0.1) is 18.7 Å². The van der Waals surface area contributed by atoms with Crippen molar-refractivity contribution in [2.45, 2.75) is 18.7 Å². The molecule has 0 spiro atoms. The summed E-state index contributed by atoms with van der Waals surface area (Å²) in [4.78, 5) is 2.55. The Morgan fingerprint density at radius 1 is 0.926 bits per heavy atom. The van der Waals surface area contributed by atoms with Crippen molar-refractivity contribution in [1.82, 2.24) is 19.9 Å². The van der Waals surface area contributed by atoms with Gasteiger partial charge in [0.2, 0.25) is 0 Å². The molecular formula is C21H24N4O2. The van der Waals surface area contributed by atoms with Crippen LogP contribution in [0.1, 0.15) is 24.3 Å². The van der Waals surface area contributed by atoms with Crippen molar-refractivity contribution in [3.63, 3.8) is 0 Å². The van der Waals surface area contributed by atoms with Gasteiger partial charge in [0.15, 0.2) is 6.23 Å². The number of ether oxygens (including phenoxy) is 2. The zero-order valence-corrected chi connectivity index (χ0v) is 15.3. The Morgan fingerprint density at radius 3 is 2.56 bits per heavy atom. The summed E-state index contributed by atoms with van der Waals surface area (Å²) in [6.45, 7) is 4.21. The molecule has 0 amide bonds. The highest BCUT2D eigenvalue weighted by Crippen LogP contribution is 2.43. The van der Waals surface area contributed by atoms with Crippen molar-refractivity contribution in [2.24, 2.45) is 5.92 Å². The second-order valence-electron chi connectivity index (χ2n) is 7.24. The van der Waals surface area contributed by atoms with Crippen LogP contribution in [0.4, 0.5) is 0 Å². The SMILES string of the molecule is c1ccc([C@@H]([C@H]2CCO[C@@H]2n2nnc3ccccc32)N2CCOCC2)cc1. The van der Waals surface area contributed by atoms with Crippen molar-refractivity contribution in [3.05, 3.63) is 60.2 Å². The zero-order chi connectivity index (χ0) is 18.1. The number of hydrogen-bond donors (Lipinski definition) is 0. The zero-order valence-electron chi connectivity index (χ0n) is 15.3. The van der Waals surface area contributed by atoms with Crippen LogP contribution >= 0.6 is 0 Å². The third-order valence-corrected chi connectivity index (χ3v) is 5.71. The van der Waals surface area contributed by atoms with E-state index in [2.05, 4.69) is 51.6 Å². The van der Waals surface area contributed by atoms with E-state index in [-0.39, 0.29) is 12.3 Å². The average molecular weight is 364 g/mol. The Morgan fingerprint density at radius 2 is 1.70 bits per heavy atom. The van der Waals surface area contributed by atoms with Gasteiger partial charge >= 0.3 is 0 Å². The second kappa shape index (κ2) is 7.38. The smallest absolute Gasteiger partial charge is 0.157 e. The van der Waals surface area contributed by atoms with E-state index < -0.39 is 0 Å². The van der Waals surface area contributed by atoms with Crippen molar-refractivity contribution in [2.75, 3.05) is 32.9 Å². The van der Waals surface area contributed by atoms with Crippen molar-refractivity contribution >= 4 is 11.0 Å². The Balaban J connectivity index is 1.54. The van der Waals surface area contributed by atoms with E-state index in [9.17, 15) is 0 Å². The molecule has 0 saturated carbocycles. The van der Waals surface area contributed by atoms with Gasteiger partial charge in [-0.1, -0.05) is 47.7 Å².